The van der Waals surface area contributed by atoms with Crippen molar-refractivity contribution < 1.29 is 27.6 Å². The van der Waals surface area contributed by atoms with Gasteiger partial charge in [-0.25, -0.2) is 13.2 Å². The number of alkyl halides is 2. The van der Waals surface area contributed by atoms with E-state index in [1.807, 2.05) is 0 Å². The molecular formula is C28H26F3N5O3. The Morgan fingerprint density at radius 1 is 1.00 bits per heavy atom. The lowest BCUT2D eigenvalue weighted by molar-refractivity contribution is -0.104. The number of aromatic nitrogens is 2. The van der Waals surface area contributed by atoms with Crippen molar-refractivity contribution in [3.05, 3.63) is 100 Å². The largest absolute Gasteiger partial charge is 0.377 e. The summed E-state index contributed by atoms with van der Waals surface area (Å²) in [6.45, 7) is 1.64. The number of amides is 2. The minimum atomic E-state index is -2.87. The first-order valence-electron chi connectivity index (χ1n) is 11.6. The summed E-state index contributed by atoms with van der Waals surface area (Å²) in [5, 5.41) is 4.92. The number of carbonyl (C=O) groups excluding carboxylic acids is 3. The van der Waals surface area contributed by atoms with Crippen LogP contribution in [0.15, 0.2) is 60.9 Å². The van der Waals surface area contributed by atoms with Gasteiger partial charge in [-0.15, -0.1) is 0 Å². The molecule has 39 heavy (non-hydrogen) atoms. The van der Waals surface area contributed by atoms with E-state index in [9.17, 15) is 27.6 Å². The molecule has 0 radical (unpaired) electrons. The van der Waals surface area contributed by atoms with Crippen molar-refractivity contribution in [2.75, 3.05) is 26.5 Å². The summed E-state index contributed by atoms with van der Waals surface area (Å²) in [7, 11) is 5.04. The summed E-state index contributed by atoms with van der Waals surface area (Å²) >= 11 is 0. The fraction of sp³-hybridized carbons (Fsp3) is 0.179. The molecule has 0 aliphatic heterocycles. The number of aldehydes is 1. The van der Waals surface area contributed by atoms with Gasteiger partial charge in [0, 0.05) is 50.4 Å². The number of carbonyl (C=O) groups is 3. The van der Waals surface area contributed by atoms with Gasteiger partial charge in [-0.05, 0) is 72.2 Å². The molecular weight excluding hydrogens is 511 g/mol. The van der Waals surface area contributed by atoms with Crippen molar-refractivity contribution in [3.8, 4) is 0 Å². The van der Waals surface area contributed by atoms with Crippen molar-refractivity contribution >= 4 is 35.1 Å². The molecule has 0 aliphatic carbocycles. The second-order valence-corrected chi connectivity index (χ2v) is 8.56. The lowest BCUT2D eigenvalue weighted by Gasteiger charge is -2.20. The lowest BCUT2D eigenvalue weighted by Crippen LogP contribution is -2.19. The van der Waals surface area contributed by atoms with Crippen LogP contribution in [0.5, 0.6) is 0 Å². The summed E-state index contributed by atoms with van der Waals surface area (Å²) in [4.78, 5) is 45.7. The molecule has 0 spiro atoms. The van der Waals surface area contributed by atoms with Gasteiger partial charge in [-0.1, -0.05) is 0 Å². The highest BCUT2D eigenvalue weighted by molar-refractivity contribution is 6.05. The smallest absolute Gasteiger partial charge is 0.280 e. The predicted molar refractivity (Wildman–Crippen MR) is 142 cm³/mol. The Kier molecular flexibility index (Phi) is 9.32. The second-order valence-electron chi connectivity index (χ2n) is 8.56. The quantitative estimate of drug-likeness (QED) is 0.234. The summed E-state index contributed by atoms with van der Waals surface area (Å²) < 4.78 is 40.9. The molecule has 0 saturated carbocycles. The Morgan fingerprint density at radius 2 is 1.69 bits per heavy atom. The van der Waals surface area contributed by atoms with Crippen molar-refractivity contribution in [1.82, 2.24) is 20.2 Å². The van der Waals surface area contributed by atoms with Crippen molar-refractivity contribution in [2.24, 2.45) is 0 Å². The maximum atomic E-state index is 14.9. The van der Waals surface area contributed by atoms with Gasteiger partial charge in [0.2, 0.25) is 0 Å². The fourth-order valence-electron chi connectivity index (χ4n) is 3.73. The minimum absolute atomic E-state index is 0.120. The van der Waals surface area contributed by atoms with E-state index in [1.165, 1.54) is 37.5 Å². The molecule has 0 fully saturated rings. The molecule has 11 heteroatoms. The van der Waals surface area contributed by atoms with Gasteiger partial charge in [0.15, 0.2) is 0 Å². The number of allylic oxidation sites excluding steroid dienone is 3. The Labute approximate surface area is 223 Å². The van der Waals surface area contributed by atoms with Crippen LogP contribution in [0.25, 0.3) is 11.3 Å². The number of hydrogen-bond donors (Lipinski definition) is 2. The second kappa shape index (κ2) is 12.6. The van der Waals surface area contributed by atoms with Crippen LogP contribution in [0.3, 0.4) is 0 Å². The van der Waals surface area contributed by atoms with Crippen LogP contribution in [-0.2, 0) is 4.79 Å². The van der Waals surface area contributed by atoms with Crippen molar-refractivity contribution in [1.29, 1.82) is 0 Å². The van der Waals surface area contributed by atoms with Gasteiger partial charge in [0.25, 0.3) is 18.2 Å². The van der Waals surface area contributed by atoms with Gasteiger partial charge in [-0.2, -0.15) is 0 Å². The molecule has 2 aromatic heterocycles. The predicted octanol–water partition coefficient (Wildman–Crippen LogP) is 4.66. The molecule has 0 saturated heterocycles. The number of hydrogen-bond acceptors (Lipinski definition) is 6. The van der Waals surface area contributed by atoms with Gasteiger partial charge < -0.3 is 15.5 Å². The number of nitrogens with zero attached hydrogens (tertiary/aromatic N) is 3. The van der Waals surface area contributed by atoms with E-state index >= 15 is 0 Å². The highest BCUT2D eigenvalue weighted by Gasteiger charge is 2.17. The van der Waals surface area contributed by atoms with Crippen LogP contribution in [0.4, 0.5) is 18.9 Å². The number of rotatable bonds is 9. The average Bonchev–Trinajstić information content (AvgIpc) is 2.92. The van der Waals surface area contributed by atoms with Gasteiger partial charge in [0.05, 0.1) is 5.69 Å². The molecule has 8 nitrogen and oxygen atoms in total. The third-order valence-electron chi connectivity index (χ3n) is 5.68. The Bertz CT molecular complexity index is 1470. The molecule has 2 heterocycles. The SMILES string of the molecule is CNC(=O)c1cc(/C(=C/C(=C\C=O)c2cc(NC(=O)c3ccnc(C(F)F)c3)c(F)cc2C)N(C)C)ccn1. The van der Waals surface area contributed by atoms with Gasteiger partial charge in [-0.3, -0.25) is 24.4 Å². The number of nitrogens with one attached hydrogen (secondary N) is 2. The highest BCUT2D eigenvalue weighted by Crippen LogP contribution is 2.30. The molecule has 2 N–H and O–H groups in total. The molecule has 0 atom stereocenters. The van der Waals surface area contributed by atoms with E-state index < -0.39 is 23.8 Å². The third-order valence-corrected chi connectivity index (χ3v) is 5.68. The molecule has 3 rings (SSSR count). The van der Waals surface area contributed by atoms with Crippen LogP contribution in [0, 0.1) is 12.7 Å². The maximum absolute atomic E-state index is 14.9. The number of pyridine rings is 2. The zero-order valence-electron chi connectivity index (χ0n) is 21.6. The summed E-state index contributed by atoms with van der Waals surface area (Å²) in [6, 6.07) is 8.01. The Hall–Kier alpha value is -4.80. The molecule has 1 aromatic carbocycles. The Morgan fingerprint density at radius 3 is 2.33 bits per heavy atom. The number of anilines is 1. The minimum Gasteiger partial charge on any atom is -0.377 e. The highest BCUT2D eigenvalue weighted by atomic mass is 19.3. The lowest BCUT2D eigenvalue weighted by atomic mass is 9.96. The first kappa shape index (κ1) is 28.8. The summed E-state index contributed by atoms with van der Waals surface area (Å²) in [5.41, 5.74) is 1.82. The topological polar surface area (TPSA) is 104 Å². The van der Waals surface area contributed by atoms with Crippen LogP contribution in [0.2, 0.25) is 0 Å². The van der Waals surface area contributed by atoms with Crippen LogP contribution in [0.1, 0.15) is 49.7 Å². The van der Waals surface area contributed by atoms with Crippen LogP contribution in [-0.4, -0.2) is 54.1 Å². The molecule has 3 aromatic rings. The van der Waals surface area contributed by atoms with E-state index in [4.69, 9.17) is 0 Å². The molecule has 2 amide bonds. The molecule has 0 unspecified atom stereocenters. The molecule has 0 aliphatic rings. The van der Waals surface area contributed by atoms with Gasteiger partial charge >= 0.3 is 0 Å². The molecule has 0 bridgehead atoms. The monoisotopic (exact) mass is 537 g/mol. The van der Waals surface area contributed by atoms with E-state index in [0.717, 1.165) is 12.3 Å². The zero-order valence-corrected chi connectivity index (χ0v) is 21.6. The average molecular weight is 538 g/mol. The molecule has 202 valence electrons. The van der Waals surface area contributed by atoms with Crippen LogP contribution >= 0.6 is 0 Å². The van der Waals surface area contributed by atoms with E-state index in [0.29, 0.717) is 34.2 Å². The van der Waals surface area contributed by atoms with E-state index in [2.05, 4.69) is 20.6 Å². The zero-order chi connectivity index (χ0) is 28.7. The maximum Gasteiger partial charge on any atom is 0.280 e. The first-order chi connectivity index (χ1) is 18.5. The normalized spacial score (nSPS) is 11.8. The Balaban J connectivity index is 2.06. The summed E-state index contributed by atoms with van der Waals surface area (Å²) in [5.74, 6) is -1.93. The van der Waals surface area contributed by atoms with E-state index in [1.54, 1.807) is 44.1 Å². The number of benzene rings is 1. The van der Waals surface area contributed by atoms with Crippen LogP contribution < -0.4 is 10.6 Å². The van der Waals surface area contributed by atoms with Gasteiger partial charge in [0.1, 0.15) is 23.5 Å². The third kappa shape index (κ3) is 6.95. The van der Waals surface area contributed by atoms with E-state index in [-0.39, 0.29) is 22.9 Å². The standard InChI is InChI=1S/C28H26F3N5O3/c1-16-11-21(29)22(35-27(38)19-6-9-33-23(13-19)26(30)31)15-20(16)17(7-10-37)14-25(36(3)4)18-5-8-34-24(12-18)28(39)32-2/h5-15,26H,1-4H3,(H,32,39)(H,35,38)/b17-7+,25-14-. The summed E-state index contributed by atoms with van der Waals surface area (Å²) in [6.07, 6.45) is 3.22. The van der Waals surface area contributed by atoms with Crippen molar-refractivity contribution in [3.63, 3.8) is 0 Å². The number of aryl methyl sites for hydroxylation is 1. The van der Waals surface area contributed by atoms with Crippen molar-refractivity contribution in [2.45, 2.75) is 13.3 Å². The number of halogens is 3. The first-order valence-corrected chi connectivity index (χ1v) is 11.6. The fourth-order valence-corrected chi connectivity index (χ4v) is 3.73.